The van der Waals surface area contributed by atoms with Gasteiger partial charge in [0.15, 0.2) is 0 Å². The van der Waals surface area contributed by atoms with Crippen LogP contribution >= 0.6 is 0 Å². The number of piperazine rings is 1. The van der Waals surface area contributed by atoms with Crippen molar-refractivity contribution in [2.75, 3.05) is 63.2 Å². The Labute approximate surface area is 144 Å². The van der Waals surface area contributed by atoms with Crippen molar-refractivity contribution in [2.24, 2.45) is 0 Å². The Kier molecular flexibility index (Phi) is 5.18. The number of hydrogen-bond donors (Lipinski definition) is 0. The number of rotatable bonds is 5. The zero-order valence-electron chi connectivity index (χ0n) is 15.0. The smallest absolute Gasteiger partial charge is 0.241 e. The Morgan fingerprint density at radius 3 is 2.88 bits per heavy atom. The molecule has 2 aliphatic rings. The first-order valence-corrected chi connectivity index (χ1v) is 8.84. The van der Waals surface area contributed by atoms with Gasteiger partial charge < -0.3 is 14.7 Å². The molecule has 0 N–H and O–H groups in total. The minimum atomic E-state index is 0.138. The van der Waals surface area contributed by atoms with E-state index in [2.05, 4.69) is 33.7 Å². The molecule has 0 bridgehead atoms. The SMILES string of the molecule is CCN1CCCC1CN(C)c1cc(N2CCN(C)C(=O)C2)ncn1. The van der Waals surface area contributed by atoms with E-state index in [0.29, 0.717) is 12.6 Å². The molecule has 132 valence electrons. The van der Waals surface area contributed by atoms with Crippen molar-refractivity contribution in [3.8, 4) is 0 Å². The minimum absolute atomic E-state index is 0.138. The van der Waals surface area contributed by atoms with Gasteiger partial charge in [0.25, 0.3) is 0 Å². The van der Waals surface area contributed by atoms with Crippen molar-refractivity contribution in [1.29, 1.82) is 0 Å². The summed E-state index contributed by atoms with van der Waals surface area (Å²) in [7, 11) is 3.94. The van der Waals surface area contributed by atoms with E-state index in [1.54, 1.807) is 11.2 Å². The van der Waals surface area contributed by atoms with Crippen LogP contribution in [0.2, 0.25) is 0 Å². The standard InChI is InChI=1S/C17H28N6O/c1-4-22-7-5-6-14(22)11-21(3)15-10-16(19-13-18-15)23-9-8-20(2)17(24)12-23/h10,13-14H,4-9,11-12H2,1-3H3. The third-order valence-electron chi connectivity index (χ3n) is 5.20. The van der Waals surface area contributed by atoms with Crippen molar-refractivity contribution in [3.05, 3.63) is 12.4 Å². The third-order valence-corrected chi connectivity index (χ3v) is 5.20. The number of anilines is 2. The first-order valence-electron chi connectivity index (χ1n) is 8.84. The van der Waals surface area contributed by atoms with Crippen molar-refractivity contribution in [2.45, 2.75) is 25.8 Å². The van der Waals surface area contributed by atoms with Crippen molar-refractivity contribution >= 4 is 17.5 Å². The van der Waals surface area contributed by atoms with E-state index in [9.17, 15) is 4.79 Å². The number of aromatic nitrogens is 2. The first kappa shape index (κ1) is 17.0. The molecular formula is C17H28N6O. The molecule has 1 unspecified atom stereocenters. The van der Waals surface area contributed by atoms with Gasteiger partial charge in [-0.15, -0.1) is 0 Å². The van der Waals surface area contributed by atoms with Gasteiger partial charge in [0, 0.05) is 45.8 Å². The fourth-order valence-electron chi connectivity index (χ4n) is 3.60. The van der Waals surface area contributed by atoms with Crippen LogP contribution in [-0.2, 0) is 4.79 Å². The molecule has 0 saturated carbocycles. The first-order chi connectivity index (χ1) is 11.6. The topological polar surface area (TPSA) is 55.8 Å². The number of nitrogens with zero attached hydrogens (tertiary/aromatic N) is 6. The van der Waals surface area contributed by atoms with E-state index in [0.717, 1.165) is 37.8 Å². The lowest BCUT2D eigenvalue weighted by atomic mass is 10.2. The molecular weight excluding hydrogens is 304 g/mol. The Morgan fingerprint density at radius 2 is 2.12 bits per heavy atom. The van der Waals surface area contributed by atoms with Crippen LogP contribution < -0.4 is 9.80 Å². The van der Waals surface area contributed by atoms with E-state index in [1.807, 2.05) is 18.0 Å². The van der Waals surface area contributed by atoms with Crippen LogP contribution in [0.4, 0.5) is 11.6 Å². The van der Waals surface area contributed by atoms with Crippen LogP contribution in [0.15, 0.2) is 12.4 Å². The number of likely N-dealkylation sites (tertiary alicyclic amines) is 1. The van der Waals surface area contributed by atoms with Gasteiger partial charge in [0.1, 0.15) is 18.0 Å². The molecule has 1 amide bonds. The average molecular weight is 332 g/mol. The molecule has 1 aromatic heterocycles. The van der Waals surface area contributed by atoms with Crippen LogP contribution in [0.3, 0.4) is 0 Å². The number of amides is 1. The van der Waals surface area contributed by atoms with Crippen LogP contribution in [0.25, 0.3) is 0 Å². The summed E-state index contributed by atoms with van der Waals surface area (Å²) in [6.45, 7) is 7.46. The van der Waals surface area contributed by atoms with Crippen LogP contribution in [0.5, 0.6) is 0 Å². The summed E-state index contributed by atoms with van der Waals surface area (Å²) in [6, 6.07) is 2.60. The number of likely N-dealkylation sites (N-methyl/N-ethyl adjacent to an activating group) is 3. The number of carbonyl (C=O) groups is 1. The molecule has 2 aliphatic heterocycles. The molecule has 0 aliphatic carbocycles. The summed E-state index contributed by atoms with van der Waals surface area (Å²) < 4.78 is 0. The Morgan fingerprint density at radius 1 is 1.29 bits per heavy atom. The number of hydrogen-bond acceptors (Lipinski definition) is 6. The largest absolute Gasteiger partial charge is 0.358 e. The second-order valence-electron chi connectivity index (χ2n) is 6.78. The maximum absolute atomic E-state index is 11.9. The molecule has 7 nitrogen and oxygen atoms in total. The zero-order valence-corrected chi connectivity index (χ0v) is 15.0. The molecule has 0 spiro atoms. The maximum atomic E-state index is 11.9. The van der Waals surface area contributed by atoms with Gasteiger partial charge >= 0.3 is 0 Å². The lowest BCUT2D eigenvalue weighted by Gasteiger charge is -2.33. The highest BCUT2D eigenvalue weighted by Gasteiger charge is 2.25. The third kappa shape index (κ3) is 3.61. The summed E-state index contributed by atoms with van der Waals surface area (Å²) in [5.74, 6) is 1.90. The van der Waals surface area contributed by atoms with Gasteiger partial charge in [0.05, 0.1) is 6.54 Å². The monoisotopic (exact) mass is 332 g/mol. The maximum Gasteiger partial charge on any atom is 0.241 e. The van der Waals surface area contributed by atoms with Gasteiger partial charge in [-0.2, -0.15) is 0 Å². The molecule has 24 heavy (non-hydrogen) atoms. The zero-order chi connectivity index (χ0) is 17.1. The lowest BCUT2D eigenvalue weighted by molar-refractivity contribution is -0.129. The summed E-state index contributed by atoms with van der Waals surface area (Å²) in [6.07, 6.45) is 4.14. The highest BCUT2D eigenvalue weighted by atomic mass is 16.2. The van der Waals surface area contributed by atoms with Crippen LogP contribution in [0, 0.1) is 0 Å². The van der Waals surface area contributed by atoms with Gasteiger partial charge in [0.2, 0.25) is 5.91 Å². The van der Waals surface area contributed by atoms with Crippen molar-refractivity contribution < 1.29 is 4.79 Å². The molecule has 1 aromatic rings. The van der Waals surface area contributed by atoms with E-state index < -0.39 is 0 Å². The molecule has 1 atom stereocenters. The molecule has 2 saturated heterocycles. The quantitative estimate of drug-likeness (QED) is 0.790. The molecule has 0 aromatic carbocycles. The van der Waals surface area contributed by atoms with E-state index in [4.69, 9.17) is 0 Å². The van der Waals surface area contributed by atoms with Gasteiger partial charge in [-0.05, 0) is 25.9 Å². The average Bonchev–Trinajstić information content (AvgIpc) is 3.04. The van der Waals surface area contributed by atoms with E-state index in [1.165, 1.54) is 19.4 Å². The van der Waals surface area contributed by atoms with Crippen molar-refractivity contribution in [3.63, 3.8) is 0 Å². The second kappa shape index (κ2) is 7.34. The molecule has 3 rings (SSSR count). The molecule has 7 heteroatoms. The fraction of sp³-hybridized carbons (Fsp3) is 0.706. The highest BCUT2D eigenvalue weighted by molar-refractivity contribution is 5.82. The summed E-state index contributed by atoms with van der Waals surface area (Å²) in [5.41, 5.74) is 0. The number of carbonyl (C=O) groups excluding carboxylic acids is 1. The van der Waals surface area contributed by atoms with Gasteiger partial charge in [-0.1, -0.05) is 6.92 Å². The fourth-order valence-corrected chi connectivity index (χ4v) is 3.60. The Balaban J connectivity index is 1.67. The second-order valence-corrected chi connectivity index (χ2v) is 6.78. The summed E-state index contributed by atoms with van der Waals surface area (Å²) >= 11 is 0. The van der Waals surface area contributed by atoms with Crippen molar-refractivity contribution in [1.82, 2.24) is 19.8 Å². The molecule has 2 fully saturated rings. The lowest BCUT2D eigenvalue weighted by Crippen LogP contribution is -2.48. The minimum Gasteiger partial charge on any atom is -0.358 e. The highest BCUT2D eigenvalue weighted by Crippen LogP contribution is 2.22. The Bertz CT molecular complexity index is 580. The van der Waals surface area contributed by atoms with E-state index >= 15 is 0 Å². The molecule has 3 heterocycles. The normalized spacial score (nSPS) is 22.3. The van der Waals surface area contributed by atoms with Crippen LogP contribution in [-0.4, -0.2) is 85.1 Å². The predicted molar refractivity (Wildman–Crippen MR) is 95.4 cm³/mol. The Hall–Kier alpha value is -1.89. The van der Waals surface area contributed by atoms with Crippen LogP contribution in [0.1, 0.15) is 19.8 Å². The van der Waals surface area contributed by atoms with E-state index in [-0.39, 0.29) is 5.91 Å². The molecule has 0 radical (unpaired) electrons. The van der Waals surface area contributed by atoms with Gasteiger partial charge in [-0.3, -0.25) is 9.69 Å². The van der Waals surface area contributed by atoms with Gasteiger partial charge in [-0.25, -0.2) is 9.97 Å². The predicted octanol–water partition coefficient (Wildman–Crippen LogP) is 0.676. The summed E-state index contributed by atoms with van der Waals surface area (Å²) in [5, 5.41) is 0. The summed E-state index contributed by atoms with van der Waals surface area (Å²) in [4.78, 5) is 29.3.